The van der Waals surface area contributed by atoms with Crippen molar-refractivity contribution >= 4 is 11.8 Å². The molecule has 3 rings (SSSR count). The molecule has 5 heteroatoms. The van der Waals surface area contributed by atoms with Crippen molar-refractivity contribution < 1.29 is 0 Å². The third-order valence-corrected chi connectivity index (χ3v) is 4.06. The Morgan fingerprint density at radius 1 is 1.25 bits per heavy atom. The van der Waals surface area contributed by atoms with Crippen LogP contribution in [0, 0.1) is 5.92 Å². The third-order valence-electron chi connectivity index (χ3n) is 4.06. The predicted octanol–water partition coefficient (Wildman–Crippen LogP) is 1.62. The van der Waals surface area contributed by atoms with Crippen molar-refractivity contribution in [1.82, 2.24) is 14.9 Å². The van der Waals surface area contributed by atoms with Gasteiger partial charge in [-0.3, -0.25) is 0 Å². The number of nitrogens with two attached hydrogens (primary N) is 1. The van der Waals surface area contributed by atoms with Gasteiger partial charge in [-0.25, -0.2) is 4.98 Å². The fourth-order valence-corrected chi connectivity index (χ4v) is 2.98. The van der Waals surface area contributed by atoms with E-state index in [2.05, 4.69) is 59.9 Å². The van der Waals surface area contributed by atoms with Crippen LogP contribution in [0.1, 0.15) is 26.5 Å². The van der Waals surface area contributed by atoms with Gasteiger partial charge < -0.3 is 15.5 Å². The molecule has 1 unspecified atom stereocenters. The molecule has 5 nitrogen and oxygen atoms in total. The molecule has 2 aliphatic heterocycles. The van der Waals surface area contributed by atoms with E-state index in [9.17, 15) is 0 Å². The van der Waals surface area contributed by atoms with Crippen LogP contribution in [0.3, 0.4) is 0 Å². The molecule has 0 amide bonds. The Hall–Kier alpha value is -1.78. The zero-order valence-corrected chi connectivity index (χ0v) is 12.7. The maximum atomic E-state index is 5.89. The molecule has 1 saturated heterocycles. The predicted molar refractivity (Wildman–Crippen MR) is 81.6 cm³/mol. The zero-order chi connectivity index (χ0) is 14.5. The van der Waals surface area contributed by atoms with Crippen molar-refractivity contribution in [3.63, 3.8) is 0 Å². The molecule has 0 bridgehead atoms. The van der Waals surface area contributed by atoms with E-state index < -0.39 is 0 Å². The molecule has 20 heavy (non-hydrogen) atoms. The summed E-state index contributed by atoms with van der Waals surface area (Å²) in [4.78, 5) is 13.4. The van der Waals surface area contributed by atoms with Gasteiger partial charge in [-0.2, -0.15) is 4.98 Å². The maximum absolute atomic E-state index is 5.89. The highest BCUT2D eigenvalue weighted by Crippen LogP contribution is 2.33. The first-order valence-electron chi connectivity index (χ1n) is 7.14. The summed E-state index contributed by atoms with van der Waals surface area (Å²) in [5.41, 5.74) is 8.38. The van der Waals surface area contributed by atoms with Gasteiger partial charge in [0.2, 0.25) is 5.95 Å². The number of anilines is 2. The fraction of sp³-hybridized carbons (Fsp3) is 0.600. The van der Waals surface area contributed by atoms with Crippen LogP contribution in [0.4, 0.5) is 11.8 Å². The molecular weight excluding hydrogens is 250 g/mol. The Morgan fingerprint density at radius 3 is 2.65 bits per heavy atom. The van der Waals surface area contributed by atoms with Gasteiger partial charge in [-0.05, 0) is 5.57 Å². The van der Waals surface area contributed by atoms with Crippen LogP contribution < -0.4 is 10.6 Å². The van der Waals surface area contributed by atoms with E-state index in [1.54, 1.807) is 0 Å². The molecule has 1 aromatic rings. The van der Waals surface area contributed by atoms with Crippen LogP contribution >= 0.6 is 0 Å². The van der Waals surface area contributed by atoms with Gasteiger partial charge in [-0.1, -0.05) is 20.8 Å². The smallest absolute Gasteiger partial charge is 0.222 e. The zero-order valence-electron chi connectivity index (χ0n) is 12.7. The van der Waals surface area contributed by atoms with Crippen molar-refractivity contribution in [2.75, 3.05) is 37.3 Å². The van der Waals surface area contributed by atoms with Gasteiger partial charge in [0.1, 0.15) is 5.82 Å². The van der Waals surface area contributed by atoms with Crippen LogP contribution in [0.25, 0.3) is 0 Å². The van der Waals surface area contributed by atoms with Crippen molar-refractivity contribution in [3.8, 4) is 0 Å². The summed E-state index contributed by atoms with van der Waals surface area (Å²) in [5, 5.41) is 0. The van der Waals surface area contributed by atoms with Gasteiger partial charge in [0.05, 0.1) is 5.69 Å². The normalized spacial score (nSPS) is 22.2. The van der Waals surface area contributed by atoms with Crippen LogP contribution in [0.2, 0.25) is 0 Å². The van der Waals surface area contributed by atoms with Crippen molar-refractivity contribution in [2.24, 2.45) is 5.92 Å². The minimum Gasteiger partial charge on any atom is -0.380 e. The van der Waals surface area contributed by atoms with Gasteiger partial charge in [-0.15, -0.1) is 0 Å². The van der Waals surface area contributed by atoms with Crippen molar-refractivity contribution in [1.29, 1.82) is 0 Å². The van der Waals surface area contributed by atoms with Crippen LogP contribution in [0.5, 0.6) is 0 Å². The first-order valence-corrected chi connectivity index (χ1v) is 7.14. The molecular formula is C15H23N5. The topological polar surface area (TPSA) is 58.3 Å². The van der Waals surface area contributed by atoms with Gasteiger partial charge in [0, 0.05) is 50.3 Å². The average Bonchev–Trinajstić information content (AvgIpc) is 2.84. The number of hydrogen-bond donors (Lipinski definition) is 1. The van der Waals surface area contributed by atoms with Crippen molar-refractivity contribution in [3.05, 3.63) is 23.5 Å². The lowest BCUT2D eigenvalue weighted by Crippen LogP contribution is -2.26. The molecule has 1 fully saturated rings. The summed E-state index contributed by atoms with van der Waals surface area (Å²) in [5.74, 6) is 1.96. The molecule has 0 spiro atoms. The second-order valence-electron chi connectivity index (χ2n) is 6.94. The lowest BCUT2D eigenvalue weighted by atomic mass is 9.92. The summed E-state index contributed by atoms with van der Waals surface area (Å²) in [7, 11) is 2.13. The molecule has 108 valence electrons. The van der Waals surface area contributed by atoms with Crippen molar-refractivity contribution in [2.45, 2.75) is 26.2 Å². The Morgan fingerprint density at radius 2 is 2.00 bits per heavy atom. The SMILES string of the molecule is CN1C=C2CN(c3cc(C(C)(C)C)nc(N)n3)CC2C1. The molecule has 2 aliphatic rings. The summed E-state index contributed by atoms with van der Waals surface area (Å²) < 4.78 is 0. The fourth-order valence-electron chi connectivity index (χ4n) is 2.98. The summed E-state index contributed by atoms with van der Waals surface area (Å²) >= 11 is 0. The van der Waals surface area contributed by atoms with E-state index in [0.717, 1.165) is 31.1 Å². The molecule has 0 aliphatic carbocycles. The van der Waals surface area contributed by atoms with E-state index in [1.807, 2.05) is 0 Å². The highest BCUT2D eigenvalue weighted by Gasteiger charge is 2.33. The number of nitrogen functional groups attached to an aromatic ring is 1. The Labute approximate surface area is 120 Å². The minimum absolute atomic E-state index is 0.0130. The van der Waals surface area contributed by atoms with Gasteiger partial charge >= 0.3 is 0 Å². The molecule has 2 N–H and O–H groups in total. The highest BCUT2D eigenvalue weighted by atomic mass is 15.3. The Balaban J connectivity index is 1.89. The quantitative estimate of drug-likeness (QED) is 0.842. The van der Waals surface area contributed by atoms with E-state index in [1.165, 1.54) is 5.57 Å². The second-order valence-corrected chi connectivity index (χ2v) is 6.94. The molecule has 1 atom stereocenters. The number of nitrogens with zero attached hydrogens (tertiary/aromatic N) is 4. The second kappa shape index (κ2) is 4.36. The minimum atomic E-state index is -0.0130. The first kappa shape index (κ1) is 13.2. The molecule has 0 aromatic carbocycles. The average molecular weight is 273 g/mol. The lowest BCUT2D eigenvalue weighted by molar-refractivity contribution is 0.442. The number of hydrogen-bond acceptors (Lipinski definition) is 5. The standard InChI is InChI=1S/C15H23N5/c1-15(2,3)12-5-13(18-14(16)17-12)20-8-10-6-19(4)7-11(10)9-20/h5-6,11H,7-9H2,1-4H3,(H2,16,17,18). The Kier molecular flexibility index (Phi) is 2.88. The summed E-state index contributed by atoms with van der Waals surface area (Å²) in [6, 6.07) is 2.08. The van der Waals surface area contributed by atoms with Crippen LogP contribution in [0.15, 0.2) is 17.8 Å². The lowest BCUT2D eigenvalue weighted by Gasteiger charge is -2.23. The van der Waals surface area contributed by atoms with Gasteiger partial charge in [0.15, 0.2) is 0 Å². The summed E-state index contributed by atoms with van der Waals surface area (Å²) in [6.07, 6.45) is 2.26. The number of aromatic nitrogens is 2. The third kappa shape index (κ3) is 2.32. The molecule has 1 aromatic heterocycles. The number of rotatable bonds is 1. The van der Waals surface area contributed by atoms with E-state index in [0.29, 0.717) is 11.9 Å². The van der Waals surface area contributed by atoms with Gasteiger partial charge in [0.25, 0.3) is 0 Å². The largest absolute Gasteiger partial charge is 0.380 e. The van der Waals surface area contributed by atoms with E-state index in [-0.39, 0.29) is 5.41 Å². The summed E-state index contributed by atoms with van der Waals surface area (Å²) in [6.45, 7) is 9.53. The van der Waals surface area contributed by atoms with Crippen LogP contribution in [-0.2, 0) is 5.41 Å². The first-order chi connectivity index (χ1) is 9.33. The molecule has 0 saturated carbocycles. The maximum Gasteiger partial charge on any atom is 0.222 e. The van der Waals surface area contributed by atoms with Crippen LogP contribution in [-0.4, -0.2) is 41.5 Å². The molecule has 0 radical (unpaired) electrons. The van der Waals surface area contributed by atoms with E-state index in [4.69, 9.17) is 5.73 Å². The Bertz CT molecular complexity index is 558. The number of fused-ring (bicyclic) bond motifs is 1. The van der Waals surface area contributed by atoms with E-state index >= 15 is 0 Å². The highest BCUT2D eigenvalue weighted by molar-refractivity contribution is 5.49. The molecule has 3 heterocycles. The monoisotopic (exact) mass is 273 g/mol.